The highest BCUT2D eigenvalue weighted by molar-refractivity contribution is 6.31. The highest BCUT2D eigenvalue weighted by atomic mass is 35.5. The Morgan fingerprint density at radius 3 is 2.41 bits per heavy atom. The van der Waals surface area contributed by atoms with Gasteiger partial charge < -0.3 is 20.7 Å². The number of halogens is 3. The van der Waals surface area contributed by atoms with E-state index in [2.05, 4.69) is 57.8 Å². The van der Waals surface area contributed by atoms with E-state index in [1.807, 2.05) is 18.2 Å². The van der Waals surface area contributed by atoms with E-state index < -0.39 is 35.5 Å². The highest BCUT2D eigenvalue weighted by Crippen LogP contribution is 2.41. The summed E-state index contributed by atoms with van der Waals surface area (Å²) >= 11 is 6.25. The molecule has 11 heteroatoms. The lowest BCUT2D eigenvalue weighted by atomic mass is 9.87. The van der Waals surface area contributed by atoms with Crippen LogP contribution in [0.5, 0.6) is 0 Å². The molecule has 1 saturated heterocycles. The number of hydrogen-bond acceptors (Lipinski definition) is 6. The molecular formula is C43H43ClF2N4O4. The molecule has 4 aromatic carbocycles. The molecule has 5 aromatic rings. The minimum atomic E-state index is -0.944. The number of benzene rings is 4. The number of carboxylic acids is 1. The SMILES string of the molecule is Nc1c(CCc2ccccc2Cl)ccc2c1Cc1ccccc1-2.O=C(N[C@@H]1CCN(C2CCCCC2)C[C@H]1C(=O)O)c1cc(-c2ccc(F)cc2F)on1. The molecule has 4 N–H and O–H groups in total. The number of nitrogens with one attached hydrogen (secondary N) is 1. The van der Waals surface area contributed by atoms with Gasteiger partial charge in [-0.1, -0.05) is 90.6 Å². The van der Waals surface area contributed by atoms with Crippen LogP contribution in [0.1, 0.15) is 71.3 Å². The summed E-state index contributed by atoms with van der Waals surface area (Å²) in [5.74, 6) is -3.81. The van der Waals surface area contributed by atoms with Crippen molar-refractivity contribution in [3.63, 3.8) is 0 Å². The van der Waals surface area contributed by atoms with Crippen LogP contribution in [0.15, 0.2) is 89.5 Å². The third-order valence-corrected chi connectivity index (χ3v) is 11.4. The molecule has 3 aliphatic rings. The van der Waals surface area contributed by atoms with Crippen molar-refractivity contribution in [1.29, 1.82) is 0 Å². The molecule has 1 aliphatic heterocycles. The summed E-state index contributed by atoms with van der Waals surface area (Å²) in [4.78, 5) is 26.8. The smallest absolute Gasteiger partial charge is 0.309 e. The second-order valence-electron chi connectivity index (χ2n) is 14.4. The highest BCUT2D eigenvalue weighted by Gasteiger charge is 2.38. The Hall–Kier alpha value is -5.06. The number of rotatable bonds is 8. The van der Waals surface area contributed by atoms with Crippen molar-refractivity contribution in [1.82, 2.24) is 15.4 Å². The first kappa shape index (κ1) is 37.3. The maximum Gasteiger partial charge on any atom is 0.309 e. The normalized spacial score (nSPS) is 18.3. The van der Waals surface area contributed by atoms with Crippen LogP contribution >= 0.6 is 11.6 Å². The summed E-state index contributed by atoms with van der Waals surface area (Å²) in [7, 11) is 0. The van der Waals surface area contributed by atoms with Crippen LogP contribution in [0.25, 0.3) is 22.5 Å². The lowest BCUT2D eigenvalue weighted by Gasteiger charge is -2.42. The van der Waals surface area contributed by atoms with Gasteiger partial charge in [-0.15, -0.1) is 0 Å². The number of aromatic nitrogens is 1. The molecule has 54 heavy (non-hydrogen) atoms. The number of nitrogen functional groups attached to an aromatic ring is 1. The van der Waals surface area contributed by atoms with Gasteiger partial charge in [0.2, 0.25) is 0 Å². The number of carboxylic acid groups (broad SMARTS) is 1. The van der Waals surface area contributed by atoms with Gasteiger partial charge >= 0.3 is 5.97 Å². The molecule has 2 atom stereocenters. The molecule has 0 unspecified atom stereocenters. The Labute approximate surface area is 318 Å². The standard InChI is InChI=1S/C22H25F2N3O4.C21H18ClN/c23-13-6-7-15(17(24)10-13)20-11-19(26-31-20)21(28)25-18-8-9-27(12-16(18)22(29)30)14-4-2-1-3-5-14;22-20-8-4-2-5-14(20)9-10-15-11-12-18-17-7-3-1-6-16(17)13-19(18)21(15)23/h6-7,10-11,14,16,18H,1-5,8-9,12H2,(H,25,28)(H,29,30);1-8,11-12H,9-10,13,23H2/t16-,18-;/m1./s1. The van der Waals surface area contributed by atoms with E-state index in [1.165, 1.54) is 64.8 Å². The van der Waals surface area contributed by atoms with Crippen LogP contribution in [0.4, 0.5) is 14.5 Å². The minimum Gasteiger partial charge on any atom is -0.481 e. The molecule has 0 radical (unpaired) electrons. The molecule has 8 rings (SSSR count). The van der Waals surface area contributed by atoms with Gasteiger partial charge in [-0.2, -0.15) is 0 Å². The van der Waals surface area contributed by atoms with Gasteiger partial charge in [0, 0.05) is 54.4 Å². The van der Waals surface area contributed by atoms with Gasteiger partial charge in [0.25, 0.3) is 5.91 Å². The average molecular weight is 753 g/mol. The number of nitrogens with two attached hydrogens (primary N) is 1. The molecule has 2 heterocycles. The van der Waals surface area contributed by atoms with Crippen molar-refractivity contribution in [2.45, 2.75) is 69.9 Å². The molecule has 280 valence electrons. The van der Waals surface area contributed by atoms with E-state index >= 15 is 0 Å². The van der Waals surface area contributed by atoms with Crippen molar-refractivity contribution < 1.29 is 28.0 Å². The maximum absolute atomic E-state index is 14.0. The van der Waals surface area contributed by atoms with Crippen LogP contribution in [-0.4, -0.2) is 52.2 Å². The number of hydrogen-bond donors (Lipinski definition) is 3. The van der Waals surface area contributed by atoms with E-state index in [-0.39, 0.29) is 17.0 Å². The number of fused-ring (bicyclic) bond motifs is 3. The monoisotopic (exact) mass is 752 g/mol. The molecule has 1 saturated carbocycles. The summed E-state index contributed by atoms with van der Waals surface area (Å²) in [6.07, 6.45) is 9.04. The first-order valence-electron chi connectivity index (χ1n) is 18.6. The van der Waals surface area contributed by atoms with Gasteiger partial charge in [-0.3, -0.25) is 14.5 Å². The summed E-state index contributed by atoms with van der Waals surface area (Å²) in [5.41, 5.74) is 15.0. The Bertz CT molecular complexity index is 2150. The van der Waals surface area contributed by atoms with Gasteiger partial charge in [-0.25, -0.2) is 8.78 Å². The number of carbonyl (C=O) groups is 2. The predicted octanol–water partition coefficient (Wildman–Crippen LogP) is 8.74. The zero-order chi connectivity index (χ0) is 37.8. The number of aliphatic carboxylic acids is 1. The fraction of sp³-hybridized carbons (Fsp3) is 0.326. The van der Waals surface area contributed by atoms with Gasteiger partial charge in [0.15, 0.2) is 11.5 Å². The quantitative estimate of drug-likeness (QED) is 0.133. The third-order valence-electron chi connectivity index (χ3n) is 11.1. The fourth-order valence-corrected chi connectivity index (χ4v) is 8.32. The number of piperidine rings is 1. The molecule has 8 nitrogen and oxygen atoms in total. The molecule has 0 bridgehead atoms. The Kier molecular flexibility index (Phi) is 11.4. The predicted molar refractivity (Wildman–Crippen MR) is 205 cm³/mol. The maximum atomic E-state index is 14.0. The second kappa shape index (κ2) is 16.5. The molecule has 0 spiro atoms. The molecule has 1 aromatic heterocycles. The zero-order valence-electron chi connectivity index (χ0n) is 29.9. The van der Waals surface area contributed by atoms with E-state index in [4.69, 9.17) is 21.9 Å². The Morgan fingerprint density at radius 2 is 1.63 bits per heavy atom. The van der Waals surface area contributed by atoms with E-state index in [0.29, 0.717) is 19.0 Å². The number of likely N-dealkylation sites (tertiary alicyclic amines) is 1. The summed E-state index contributed by atoms with van der Waals surface area (Å²) in [5, 5.41) is 17.0. The minimum absolute atomic E-state index is 0.00967. The van der Waals surface area contributed by atoms with E-state index in [0.717, 1.165) is 61.5 Å². The summed E-state index contributed by atoms with van der Waals surface area (Å²) in [6, 6.07) is 25.1. The first-order valence-corrected chi connectivity index (χ1v) is 19.0. The number of nitrogens with zero attached hydrogens (tertiary/aromatic N) is 2. The van der Waals surface area contributed by atoms with Gasteiger partial charge in [-0.05, 0) is 83.7 Å². The summed E-state index contributed by atoms with van der Waals surface area (Å²) in [6.45, 7) is 1.13. The van der Waals surface area contributed by atoms with E-state index in [1.54, 1.807) is 0 Å². The van der Waals surface area contributed by atoms with Crippen molar-refractivity contribution in [3.05, 3.63) is 130 Å². The topological polar surface area (TPSA) is 122 Å². The summed E-state index contributed by atoms with van der Waals surface area (Å²) < 4.78 is 32.1. The zero-order valence-corrected chi connectivity index (χ0v) is 30.6. The number of carbonyl (C=O) groups excluding carboxylic acids is 1. The van der Waals surface area contributed by atoms with Crippen LogP contribution in [0.3, 0.4) is 0 Å². The largest absolute Gasteiger partial charge is 0.481 e. The van der Waals surface area contributed by atoms with Crippen molar-refractivity contribution in [3.8, 4) is 22.5 Å². The number of anilines is 1. The number of aryl methyl sites for hydroxylation is 2. The van der Waals surface area contributed by atoms with Crippen LogP contribution in [0.2, 0.25) is 5.02 Å². The number of amides is 1. The fourth-order valence-electron chi connectivity index (χ4n) is 8.09. The van der Waals surface area contributed by atoms with Gasteiger partial charge in [0.05, 0.1) is 11.5 Å². The van der Waals surface area contributed by atoms with E-state index in [9.17, 15) is 23.5 Å². The Morgan fingerprint density at radius 1 is 0.889 bits per heavy atom. The second-order valence-corrected chi connectivity index (χ2v) is 14.8. The van der Waals surface area contributed by atoms with Crippen molar-refractivity contribution in [2.24, 2.45) is 5.92 Å². The van der Waals surface area contributed by atoms with Crippen LogP contribution < -0.4 is 11.1 Å². The molecule has 1 amide bonds. The lowest BCUT2D eigenvalue weighted by Crippen LogP contribution is -2.56. The first-order chi connectivity index (χ1) is 26.2. The third kappa shape index (κ3) is 8.20. The van der Waals surface area contributed by atoms with Gasteiger partial charge in [0.1, 0.15) is 11.6 Å². The molecule has 2 fully saturated rings. The van der Waals surface area contributed by atoms with Crippen molar-refractivity contribution in [2.75, 3.05) is 18.8 Å². The Balaban J connectivity index is 0.000000174. The lowest BCUT2D eigenvalue weighted by molar-refractivity contribution is -0.145. The van der Waals surface area contributed by atoms with Crippen molar-refractivity contribution >= 4 is 29.2 Å². The molecular weight excluding hydrogens is 710 g/mol. The molecule has 2 aliphatic carbocycles. The van der Waals surface area contributed by atoms with Crippen LogP contribution in [0, 0.1) is 17.6 Å². The van der Waals surface area contributed by atoms with Crippen LogP contribution in [-0.2, 0) is 24.1 Å². The average Bonchev–Trinajstić information content (AvgIpc) is 3.82.